The summed E-state index contributed by atoms with van der Waals surface area (Å²) in [5.74, 6) is 1.39. The van der Waals surface area contributed by atoms with E-state index in [0.29, 0.717) is 40.0 Å². The number of thioether (sulfide) groups is 1. The van der Waals surface area contributed by atoms with E-state index < -0.39 is 11.6 Å². The maximum atomic E-state index is 13.3. The number of amides is 1. The Morgan fingerprint density at radius 1 is 1.19 bits per heavy atom. The normalized spacial score (nSPS) is 22.4. The molecular weight excluding hydrogens is 428 g/mol. The maximum absolute atomic E-state index is 13.3. The van der Waals surface area contributed by atoms with E-state index in [2.05, 4.69) is 6.07 Å². The van der Waals surface area contributed by atoms with E-state index >= 15 is 0 Å². The summed E-state index contributed by atoms with van der Waals surface area (Å²) in [7, 11) is 3.10. The molecule has 1 N–H and O–H groups in total. The lowest BCUT2D eigenvalue weighted by Gasteiger charge is -2.38. The molecule has 0 aromatic heterocycles. The van der Waals surface area contributed by atoms with Gasteiger partial charge in [0.1, 0.15) is 5.75 Å². The zero-order valence-electron chi connectivity index (χ0n) is 18.1. The number of ether oxygens (including phenoxy) is 3. The minimum atomic E-state index is -1.52. The standard InChI is InChI=1S/C24H24N2O5S/c1-4-31-17-8-6-16(7-9-17)24(28)14-32-23-19(13-25)18(12-22(27)26(23)24)15-5-10-20(29-2)21(11-15)30-3/h5-11,18,28H,4,12,14H2,1-3H3/t18-,24-/m1/s1. The summed E-state index contributed by atoms with van der Waals surface area (Å²) in [6.07, 6.45) is 0.0712. The first-order valence-corrected chi connectivity index (χ1v) is 11.2. The van der Waals surface area contributed by atoms with Crippen LogP contribution in [0.4, 0.5) is 0 Å². The number of nitrogens with zero attached hydrogens (tertiary/aromatic N) is 2. The number of allylic oxidation sites excluding steroid dienone is 1. The van der Waals surface area contributed by atoms with Crippen molar-refractivity contribution in [1.82, 2.24) is 4.90 Å². The first-order valence-electron chi connectivity index (χ1n) is 10.2. The molecular formula is C24H24N2O5S. The Morgan fingerprint density at radius 3 is 2.53 bits per heavy atom. The van der Waals surface area contributed by atoms with Gasteiger partial charge in [0.2, 0.25) is 5.91 Å². The molecule has 2 aliphatic heterocycles. The Hall–Kier alpha value is -3.15. The Morgan fingerprint density at radius 2 is 1.91 bits per heavy atom. The van der Waals surface area contributed by atoms with Gasteiger partial charge in [-0.2, -0.15) is 5.26 Å². The zero-order valence-corrected chi connectivity index (χ0v) is 18.9. The second-order valence-electron chi connectivity index (χ2n) is 7.49. The fraction of sp³-hybridized carbons (Fsp3) is 0.333. The number of hydrogen-bond donors (Lipinski definition) is 1. The van der Waals surface area contributed by atoms with Crippen LogP contribution in [0.2, 0.25) is 0 Å². The maximum Gasteiger partial charge on any atom is 0.231 e. The van der Waals surface area contributed by atoms with Crippen molar-refractivity contribution in [2.24, 2.45) is 0 Å². The first kappa shape index (κ1) is 22.1. The summed E-state index contributed by atoms with van der Waals surface area (Å²) >= 11 is 1.32. The minimum absolute atomic E-state index is 0.0712. The fourth-order valence-corrected chi connectivity index (χ4v) is 5.54. The van der Waals surface area contributed by atoms with Crippen molar-refractivity contribution >= 4 is 17.7 Å². The number of methoxy groups -OCH3 is 2. The predicted molar refractivity (Wildman–Crippen MR) is 120 cm³/mol. The second-order valence-corrected chi connectivity index (χ2v) is 8.46. The van der Waals surface area contributed by atoms with Gasteiger partial charge in [-0.1, -0.05) is 18.2 Å². The van der Waals surface area contributed by atoms with Crippen molar-refractivity contribution in [2.45, 2.75) is 25.0 Å². The molecule has 4 rings (SSSR count). The largest absolute Gasteiger partial charge is 0.494 e. The van der Waals surface area contributed by atoms with Crippen LogP contribution in [-0.4, -0.2) is 42.5 Å². The van der Waals surface area contributed by atoms with Crippen LogP contribution in [0.25, 0.3) is 0 Å². The van der Waals surface area contributed by atoms with Gasteiger partial charge in [0.05, 0.1) is 43.3 Å². The van der Waals surface area contributed by atoms with Gasteiger partial charge in [0.15, 0.2) is 17.2 Å². The Bertz CT molecular complexity index is 1110. The fourth-order valence-electron chi connectivity index (χ4n) is 4.18. The Labute approximate surface area is 191 Å². The van der Waals surface area contributed by atoms with Crippen LogP contribution in [0.15, 0.2) is 53.1 Å². The third-order valence-electron chi connectivity index (χ3n) is 5.75. The molecule has 0 radical (unpaired) electrons. The van der Waals surface area contributed by atoms with Gasteiger partial charge in [0.25, 0.3) is 0 Å². The average Bonchev–Trinajstić information content (AvgIpc) is 3.18. The van der Waals surface area contributed by atoms with Crippen molar-refractivity contribution < 1.29 is 24.1 Å². The van der Waals surface area contributed by atoms with Gasteiger partial charge < -0.3 is 19.3 Å². The number of fused-ring (bicyclic) bond motifs is 1. The third kappa shape index (κ3) is 3.57. The quantitative estimate of drug-likeness (QED) is 0.714. The summed E-state index contributed by atoms with van der Waals surface area (Å²) in [5, 5.41) is 22.0. The van der Waals surface area contributed by atoms with Crippen molar-refractivity contribution in [1.29, 1.82) is 5.26 Å². The smallest absolute Gasteiger partial charge is 0.231 e. The second kappa shape index (κ2) is 8.77. The highest BCUT2D eigenvalue weighted by Crippen LogP contribution is 2.52. The Balaban J connectivity index is 1.73. The first-order chi connectivity index (χ1) is 15.5. The molecule has 2 aliphatic rings. The molecule has 2 aromatic rings. The molecule has 0 aliphatic carbocycles. The van der Waals surface area contributed by atoms with E-state index in [0.717, 1.165) is 5.56 Å². The highest BCUT2D eigenvalue weighted by molar-refractivity contribution is 8.03. The van der Waals surface area contributed by atoms with Crippen molar-refractivity contribution in [3.05, 3.63) is 64.2 Å². The molecule has 32 heavy (non-hydrogen) atoms. The molecule has 1 fully saturated rings. The molecule has 8 heteroatoms. The number of benzene rings is 2. The molecule has 166 valence electrons. The molecule has 1 saturated heterocycles. The van der Waals surface area contributed by atoms with Crippen molar-refractivity contribution in [3.8, 4) is 23.3 Å². The van der Waals surface area contributed by atoms with E-state index in [1.807, 2.05) is 13.0 Å². The minimum Gasteiger partial charge on any atom is -0.494 e. The summed E-state index contributed by atoms with van der Waals surface area (Å²) in [6.45, 7) is 2.44. The van der Waals surface area contributed by atoms with Crippen molar-refractivity contribution in [3.63, 3.8) is 0 Å². The molecule has 2 heterocycles. The molecule has 1 amide bonds. The lowest BCUT2D eigenvalue weighted by atomic mass is 9.85. The third-order valence-corrected chi connectivity index (χ3v) is 6.97. The van der Waals surface area contributed by atoms with Gasteiger partial charge in [-0.3, -0.25) is 9.69 Å². The number of rotatable bonds is 6. The molecule has 0 bridgehead atoms. The lowest BCUT2D eigenvalue weighted by molar-refractivity contribution is -0.149. The van der Waals surface area contributed by atoms with E-state index in [-0.39, 0.29) is 18.1 Å². The average molecular weight is 453 g/mol. The van der Waals surface area contributed by atoms with Crippen LogP contribution in [0.3, 0.4) is 0 Å². The van der Waals surface area contributed by atoms with E-state index in [1.165, 1.54) is 16.7 Å². The summed E-state index contributed by atoms with van der Waals surface area (Å²) < 4.78 is 16.2. The van der Waals surface area contributed by atoms with Crippen LogP contribution >= 0.6 is 11.8 Å². The number of carbonyl (C=O) groups is 1. The number of aliphatic hydroxyl groups is 1. The monoisotopic (exact) mass is 452 g/mol. The number of carbonyl (C=O) groups excluding carboxylic acids is 1. The molecule has 0 saturated carbocycles. The van der Waals surface area contributed by atoms with Crippen LogP contribution in [0, 0.1) is 11.3 Å². The number of nitriles is 1. The topological polar surface area (TPSA) is 92.0 Å². The van der Waals surface area contributed by atoms with Crippen molar-refractivity contribution in [2.75, 3.05) is 26.6 Å². The SMILES string of the molecule is CCOc1ccc([C@]2(O)CSC3=C(C#N)[C@@H](c4ccc(OC)c(OC)c4)CC(=O)N32)cc1. The predicted octanol–water partition coefficient (Wildman–Crippen LogP) is 3.75. The van der Waals surface area contributed by atoms with Gasteiger partial charge >= 0.3 is 0 Å². The van der Waals surface area contributed by atoms with Crippen LogP contribution in [-0.2, 0) is 10.5 Å². The molecule has 0 unspecified atom stereocenters. The molecule has 2 aromatic carbocycles. The van der Waals surface area contributed by atoms with E-state index in [4.69, 9.17) is 14.2 Å². The van der Waals surface area contributed by atoms with Gasteiger partial charge in [-0.25, -0.2) is 0 Å². The zero-order chi connectivity index (χ0) is 22.9. The highest BCUT2D eigenvalue weighted by Gasteiger charge is 2.51. The van der Waals surface area contributed by atoms with Gasteiger partial charge in [-0.15, -0.1) is 11.8 Å². The van der Waals surface area contributed by atoms with E-state index in [9.17, 15) is 15.2 Å². The summed E-state index contributed by atoms with van der Waals surface area (Å²) in [6, 6.07) is 14.7. The molecule has 7 nitrogen and oxygen atoms in total. The number of hydrogen-bond acceptors (Lipinski definition) is 7. The van der Waals surface area contributed by atoms with E-state index in [1.54, 1.807) is 50.6 Å². The Kier molecular flexibility index (Phi) is 6.04. The lowest BCUT2D eigenvalue weighted by Crippen LogP contribution is -2.48. The van der Waals surface area contributed by atoms with Gasteiger partial charge in [0, 0.05) is 17.9 Å². The highest BCUT2D eigenvalue weighted by atomic mass is 32.2. The molecule has 2 atom stereocenters. The van der Waals surface area contributed by atoms with Gasteiger partial charge in [-0.05, 0) is 36.8 Å². The van der Waals surface area contributed by atoms with Crippen LogP contribution in [0.1, 0.15) is 30.4 Å². The molecule has 0 spiro atoms. The van der Waals surface area contributed by atoms with Crippen LogP contribution < -0.4 is 14.2 Å². The van der Waals surface area contributed by atoms with Crippen LogP contribution in [0.5, 0.6) is 17.2 Å². The summed E-state index contributed by atoms with van der Waals surface area (Å²) in [5.41, 5.74) is 0.311. The summed E-state index contributed by atoms with van der Waals surface area (Å²) in [4.78, 5) is 14.7.